The molecule has 0 aromatic carbocycles. The van der Waals surface area contributed by atoms with Crippen LogP contribution in [0.1, 0.15) is 13.3 Å². The molecular weight excluding hydrogens is 342 g/mol. The zero-order chi connectivity index (χ0) is 19.1. The van der Waals surface area contributed by atoms with Gasteiger partial charge in [0, 0.05) is 13.5 Å². The number of rotatable bonds is 10. The Labute approximate surface area is 144 Å². The number of hydrogen-bond acceptors (Lipinski definition) is 11. The van der Waals surface area contributed by atoms with Gasteiger partial charge in [-0.2, -0.15) is 4.91 Å². The van der Waals surface area contributed by atoms with Crippen LogP contribution < -0.4 is 0 Å². The van der Waals surface area contributed by atoms with Gasteiger partial charge < -0.3 is 44.8 Å². The van der Waals surface area contributed by atoms with Crippen molar-refractivity contribution in [2.24, 2.45) is 5.18 Å². The average molecular weight is 369 g/mol. The Bertz CT molecular complexity index is 394. The largest absolute Gasteiger partial charge is 0.394 e. The molecule has 8 unspecified atom stereocenters. The molecule has 9 atom stereocenters. The molecule has 0 amide bonds. The van der Waals surface area contributed by atoms with Crippen LogP contribution in [0.4, 0.5) is 0 Å². The van der Waals surface area contributed by atoms with Crippen molar-refractivity contribution in [3.63, 3.8) is 0 Å². The van der Waals surface area contributed by atoms with Crippen LogP contribution in [0.3, 0.4) is 0 Å². The van der Waals surface area contributed by atoms with E-state index in [1.165, 1.54) is 14.0 Å². The second-order valence-corrected chi connectivity index (χ2v) is 6.01. The molecule has 11 heteroatoms. The molecule has 11 nitrogen and oxygen atoms in total. The Morgan fingerprint density at radius 1 is 1.16 bits per heavy atom. The summed E-state index contributed by atoms with van der Waals surface area (Å²) < 4.78 is 15.7. The van der Waals surface area contributed by atoms with Crippen LogP contribution in [0.25, 0.3) is 0 Å². The van der Waals surface area contributed by atoms with Crippen LogP contribution in [0, 0.1) is 4.91 Å². The summed E-state index contributed by atoms with van der Waals surface area (Å²) in [5.74, 6) is 0. The minimum absolute atomic E-state index is 0.106. The first-order chi connectivity index (χ1) is 11.8. The third-order valence-corrected chi connectivity index (χ3v) is 4.13. The van der Waals surface area contributed by atoms with E-state index in [4.69, 9.17) is 14.2 Å². The van der Waals surface area contributed by atoms with E-state index in [-0.39, 0.29) is 6.42 Å². The Morgan fingerprint density at radius 3 is 2.28 bits per heavy atom. The fourth-order valence-corrected chi connectivity index (χ4v) is 2.60. The summed E-state index contributed by atoms with van der Waals surface area (Å²) in [4.78, 5) is 10.5. The van der Waals surface area contributed by atoms with Crippen molar-refractivity contribution in [2.75, 3.05) is 20.3 Å². The van der Waals surface area contributed by atoms with E-state index in [0.717, 1.165) is 0 Å². The van der Waals surface area contributed by atoms with Crippen molar-refractivity contribution in [2.45, 2.75) is 68.4 Å². The number of aliphatic hydroxyl groups is 6. The maximum absolute atomic E-state index is 10.5. The fourth-order valence-electron chi connectivity index (χ4n) is 2.60. The Hall–Kier alpha value is -0.760. The van der Waals surface area contributed by atoms with Gasteiger partial charge in [0.15, 0.2) is 6.29 Å². The van der Waals surface area contributed by atoms with Crippen LogP contribution in [0.2, 0.25) is 0 Å². The summed E-state index contributed by atoms with van der Waals surface area (Å²) in [6.45, 7) is 0.290. The number of nitroso groups, excluding NO2 is 1. The Morgan fingerprint density at radius 2 is 1.80 bits per heavy atom. The predicted octanol–water partition coefficient (Wildman–Crippen LogP) is -2.92. The normalized spacial score (nSPS) is 35.0. The van der Waals surface area contributed by atoms with E-state index in [1.54, 1.807) is 0 Å². The van der Waals surface area contributed by atoms with Crippen molar-refractivity contribution in [1.29, 1.82) is 0 Å². The molecular formula is C14H27NO10. The lowest BCUT2D eigenvalue weighted by Crippen LogP contribution is -2.61. The van der Waals surface area contributed by atoms with Gasteiger partial charge in [-0.05, 0) is 6.92 Å². The topological polar surface area (TPSA) is 178 Å². The van der Waals surface area contributed by atoms with Crippen molar-refractivity contribution in [3.8, 4) is 0 Å². The van der Waals surface area contributed by atoms with Crippen LogP contribution in [-0.2, 0) is 14.2 Å². The molecule has 1 aliphatic heterocycles. The van der Waals surface area contributed by atoms with Crippen molar-refractivity contribution in [3.05, 3.63) is 4.91 Å². The van der Waals surface area contributed by atoms with E-state index >= 15 is 0 Å². The highest BCUT2D eigenvalue weighted by molar-refractivity contribution is 4.90. The third kappa shape index (κ3) is 5.61. The molecule has 0 radical (unpaired) electrons. The first-order valence-corrected chi connectivity index (χ1v) is 7.90. The van der Waals surface area contributed by atoms with Crippen molar-refractivity contribution >= 4 is 0 Å². The fraction of sp³-hybridized carbons (Fsp3) is 1.00. The molecule has 6 N–H and O–H groups in total. The number of hydrogen-bond donors (Lipinski definition) is 6. The van der Waals surface area contributed by atoms with E-state index in [2.05, 4.69) is 5.18 Å². The second-order valence-electron chi connectivity index (χ2n) is 6.01. The summed E-state index contributed by atoms with van der Waals surface area (Å²) in [5, 5.41) is 61.2. The lowest BCUT2D eigenvalue weighted by Gasteiger charge is -2.42. The molecule has 1 saturated heterocycles. The van der Waals surface area contributed by atoms with E-state index in [0.29, 0.717) is 0 Å². The number of aliphatic hydroxyl groups excluding tert-OH is 6. The first kappa shape index (κ1) is 22.3. The molecule has 1 rings (SSSR count). The Kier molecular flexibility index (Phi) is 9.27. The van der Waals surface area contributed by atoms with E-state index < -0.39 is 68.3 Å². The molecule has 0 aliphatic carbocycles. The summed E-state index contributed by atoms with van der Waals surface area (Å²) >= 11 is 0. The van der Waals surface area contributed by atoms with Crippen LogP contribution >= 0.6 is 0 Å². The maximum Gasteiger partial charge on any atom is 0.187 e. The summed E-state index contributed by atoms with van der Waals surface area (Å²) in [6.07, 6.45) is -11.3. The zero-order valence-corrected chi connectivity index (χ0v) is 14.1. The van der Waals surface area contributed by atoms with Crippen molar-refractivity contribution < 1.29 is 44.8 Å². The van der Waals surface area contributed by atoms with Gasteiger partial charge in [-0.1, -0.05) is 5.18 Å². The highest BCUT2D eigenvalue weighted by atomic mass is 16.7. The molecule has 0 spiro atoms. The van der Waals surface area contributed by atoms with E-state index in [1.807, 2.05) is 0 Å². The van der Waals surface area contributed by atoms with E-state index in [9.17, 15) is 35.5 Å². The predicted molar refractivity (Wildman–Crippen MR) is 82.4 cm³/mol. The minimum Gasteiger partial charge on any atom is -0.394 e. The molecule has 148 valence electrons. The van der Waals surface area contributed by atoms with Gasteiger partial charge in [0.05, 0.1) is 25.4 Å². The summed E-state index contributed by atoms with van der Waals surface area (Å²) in [5.41, 5.74) is 0. The first-order valence-electron chi connectivity index (χ1n) is 7.90. The zero-order valence-electron chi connectivity index (χ0n) is 14.1. The highest BCUT2D eigenvalue weighted by Crippen LogP contribution is 2.25. The van der Waals surface area contributed by atoms with Gasteiger partial charge in [-0.3, -0.25) is 0 Å². The van der Waals surface area contributed by atoms with Crippen molar-refractivity contribution in [1.82, 2.24) is 0 Å². The molecule has 0 aromatic heterocycles. The quantitative estimate of drug-likeness (QED) is 0.219. The lowest BCUT2D eigenvalue weighted by molar-refractivity contribution is -0.325. The van der Waals surface area contributed by atoms with Gasteiger partial charge in [0.25, 0.3) is 0 Å². The smallest absolute Gasteiger partial charge is 0.187 e. The highest BCUT2D eigenvalue weighted by Gasteiger charge is 2.46. The molecule has 1 heterocycles. The van der Waals surface area contributed by atoms with Gasteiger partial charge in [0.1, 0.15) is 36.6 Å². The van der Waals surface area contributed by atoms with Gasteiger partial charge in [0.2, 0.25) is 0 Å². The molecule has 25 heavy (non-hydrogen) atoms. The van der Waals surface area contributed by atoms with Crippen LogP contribution in [0.15, 0.2) is 5.18 Å². The monoisotopic (exact) mass is 369 g/mol. The summed E-state index contributed by atoms with van der Waals surface area (Å²) in [6, 6.07) is -0.743. The lowest BCUT2D eigenvalue weighted by atomic mass is 9.98. The molecule has 0 aromatic rings. The standard InChI is InChI=1S/C14H27NO10/c1-6(15-22)3-7(18)13(9(5-17)23-2)25-14-12(21)11(20)10(19)8(4-16)24-14/h6-14,16-21H,3-5H2,1-2H3/t6?,7-,8?,9?,10?,11?,12?,13?,14?/m0/s1. The number of ether oxygens (including phenoxy) is 3. The maximum atomic E-state index is 10.5. The third-order valence-electron chi connectivity index (χ3n) is 4.13. The molecule has 1 aliphatic rings. The number of nitrogens with zero attached hydrogens (tertiary/aromatic N) is 1. The van der Waals surface area contributed by atoms with Crippen LogP contribution in [0.5, 0.6) is 0 Å². The van der Waals surface area contributed by atoms with Gasteiger partial charge in [-0.15, -0.1) is 0 Å². The minimum atomic E-state index is -1.68. The molecule has 0 saturated carbocycles. The average Bonchev–Trinajstić information content (AvgIpc) is 2.61. The Balaban J connectivity index is 2.93. The van der Waals surface area contributed by atoms with Gasteiger partial charge >= 0.3 is 0 Å². The molecule has 1 fully saturated rings. The SMILES string of the molecule is COC(CO)C(OC1OC(CO)C(O)C(O)C1O)[C@@H](O)CC(C)N=O. The second kappa shape index (κ2) is 10.4. The molecule has 0 bridgehead atoms. The summed E-state index contributed by atoms with van der Waals surface area (Å²) in [7, 11) is 1.26. The number of methoxy groups -OCH3 is 1. The van der Waals surface area contributed by atoms with Gasteiger partial charge in [-0.25, -0.2) is 0 Å². The van der Waals surface area contributed by atoms with Crippen LogP contribution in [-0.4, -0.2) is 106 Å².